The molecule has 1 atom stereocenters. The molecule has 0 aliphatic carbocycles. The topological polar surface area (TPSA) is 101 Å². The lowest BCUT2D eigenvalue weighted by Crippen LogP contribution is -2.40. The van der Waals surface area contributed by atoms with Gasteiger partial charge in [0.15, 0.2) is 0 Å². The molecule has 1 aliphatic heterocycles. The molecule has 0 spiro atoms. The summed E-state index contributed by atoms with van der Waals surface area (Å²) >= 11 is 0. The maximum atomic E-state index is 13.3. The molecule has 1 amide bonds. The monoisotopic (exact) mass is 282 g/mol. The molecule has 1 aliphatic rings. The van der Waals surface area contributed by atoms with Crippen LogP contribution in [-0.4, -0.2) is 39.4 Å². The summed E-state index contributed by atoms with van der Waals surface area (Å²) in [6.07, 6.45) is 0.846. The van der Waals surface area contributed by atoms with Crippen molar-refractivity contribution in [3.8, 4) is 0 Å². The van der Waals surface area contributed by atoms with Crippen LogP contribution in [0.15, 0.2) is 18.2 Å². The fourth-order valence-electron chi connectivity index (χ4n) is 2.24. The molecule has 2 rings (SSSR count). The molecule has 1 heterocycles. The standard InChI is InChI=1S/C12H11FN2O5/c13-8-4-7(5-9(6-8)15(19)20)11(16)14-3-1-2-10(14)12(17)18/h4-6,10H,1-3H2,(H,17,18)/t10-/m1/s1. The first kappa shape index (κ1) is 13.9. The third kappa shape index (κ3) is 2.58. The van der Waals surface area contributed by atoms with E-state index < -0.39 is 34.3 Å². The van der Waals surface area contributed by atoms with E-state index in [4.69, 9.17) is 5.11 Å². The van der Waals surface area contributed by atoms with Crippen molar-refractivity contribution in [1.29, 1.82) is 0 Å². The Balaban J connectivity index is 2.33. The highest BCUT2D eigenvalue weighted by Crippen LogP contribution is 2.23. The van der Waals surface area contributed by atoms with Crippen molar-refractivity contribution in [1.82, 2.24) is 4.90 Å². The fraction of sp³-hybridized carbons (Fsp3) is 0.333. The molecule has 1 aromatic rings. The molecule has 0 aromatic heterocycles. The second kappa shape index (κ2) is 5.24. The van der Waals surface area contributed by atoms with Gasteiger partial charge in [0, 0.05) is 18.2 Å². The predicted octanol–water partition coefficient (Wildman–Crippen LogP) is 1.42. The van der Waals surface area contributed by atoms with Crippen molar-refractivity contribution < 1.29 is 24.0 Å². The van der Waals surface area contributed by atoms with Crippen LogP contribution in [0.3, 0.4) is 0 Å². The largest absolute Gasteiger partial charge is 0.480 e. The highest BCUT2D eigenvalue weighted by atomic mass is 19.1. The summed E-state index contributed by atoms with van der Waals surface area (Å²) in [6.45, 7) is 0.236. The SMILES string of the molecule is O=C(O)[C@H]1CCCN1C(=O)c1cc(F)cc([N+](=O)[O-])c1. The van der Waals surface area contributed by atoms with Crippen LogP contribution >= 0.6 is 0 Å². The van der Waals surface area contributed by atoms with Crippen LogP contribution in [0.25, 0.3) is 0 Å². The smallest absolute Gasteiger partial charge is 0.326 e. The van der Waals surface area contributed by atoms with Gasteiger partial charge in [0.25, 0.3) is 11.6 Å². The van der Waals surface area contributed by atoms with Gasteiger partial charge < -0.3 is 10.0 Å². The number of non-ortho nitro benzene ring substituents is 1. The van der Waals surface area contributed by atoms with E-state index >= 15 is 0 Å². The van der Waals surface area contributed by atoms with Crippen LogP contribution in [0.4, 0.5) is 10.1 Å². The van der Waals surface area contributed by atoms with Gasteiger partial charge in [0.2, 0.25) is 0 Å². The number of nitrogens with zero attached hydrogens (tertiary/aromatic N) is 2. The molecule has 7 nitrogen and oxygen atoms in total. The van der Waals surface area contributed by atoms with Crippen molar-refractivity contribution in [2.45, 2.75) is 18.9 Å². The minimum Gasteiger partial charge on any atom is -0.480 e. The first-order valence-corrected chi connectivity index (χ1v) is 5.89. The first-order valence-electron chi connectivity index (χ1n) is 5.89. The lowest BCUT2D eigenvalue weighted by molar-refractivity contribution is -0.385. The van der Waals surface area contributed by atoms with Gasteiger partial charge in [0.1, 0.15) is 11.9 Å². The van der Waals surface area contributed by atoms with Crippen LogP contribution in [0.5, 0.6) is 0 Å². The zero-order chi connectivity index (χ0) is 14.9. The van der Waals surface area contributed by atoms with Crippen molar-refractivity contribution in [3.63, 3.8) is 0 Å². The second-order valence-corrected chi connectivity index (χ2v) is 4.45. The summed E-state index contributed by atoms with van der Waals surface area (Å²) in [7, 11) is 0. The van der Waals surface area contributed by atoms with Gasteiger partial charge in [-0.05, 0) is 18.9 Å². The van der Waals surface area contributed by atoms with Gasteiger partial charge in [-0.1, -0.05) is 0 Å². The number of hydrogen-bond donors (Lipinski definition) is 1. The van der Waals surface area contributed by atoms with E-state index in [1.165, 1.54) is 0 Å². The summed E-state index contributed by atoms with van der Waals surface area (Å²) in [4.78, 5) is 34.1. The van der Waals surface area contributed by atoms with Gasteiger partial charge in [0.05, 0.1) is 11.0 Å². The zero-order valence-corrected chi connectivity index (χ0v) is 10.3. The van der Waals surface area contributed by atoms with Crippen LogP contribution in [0.1, 0.15) is 23.2 Å². The highest BCUT2D eigenvalue weighted by molar-refractivity contribution is 5.97. The number of rotatable bonds is 3. The van der Waals surface area contributed by atoms with Crippen molar-refractivity contribution in [3.05, 3.63) is 39.7 Å². The minimum atomic E-state index is -1.14. The Labute approximate surface area is 112 Å². The van der Waals surface area contributed by atoms with E-state index in [-0.39, 0.29) is 12.1 Å². The van der Waals surface area contributed by atoms with Crippen molar-refractivity contribution in [2.24, 2.45) is 0 Å². The number of nitro groups is 1. The molecule has 0 radical (unpaired) electrons. The Kier molecular flexibility index (Phi) is 3.64. The predicted molar refractivity (Wildman–Crippen MR) is 64.7 cm³/mol. The Morgan fingerprint density at radius 2 is 2.10 bits per heavy atom. The Morgan fingerprint density at radius 1 is 1.40 bits per heavy atom. The van der Waals surface area contributed by atoms with Gasteiger partial charge >= 0.3 is 5.97 Å². The lowest BCUT2D eigenvalue weighted by Gasteiger charge is -2.21. The molecular weight excluding hydrogens is 271 g/mol. The first-order chi connectivity index (χ1) is 9.40. The van der Waals surface area contributed by atoms with E-state index in [0.29, 0.717) is 18.9 Å². The van der Waals surface area contributed by atoms with E-state index in [2.05, 4.69) is 0 Å². The number of likely N-dealkylation sites (tertiary alicyclic amines) is 1. The van der Waals surface area contributed by atoms with Crippen LogP contribution < -0.4 is 0 Å². The molecule has 1 aromatic carbocycles. The molecule has 106 valence electrons. The maximum absolute atomic E-state index is 13.3. The molecule has 1 saturated heterocycles. The summed E-state index contributed by atoms with van der Waals surface area (Å²) in [5.74, 6) is -2.76. The molecule has 1 fully saturated rings. The molecular formula is C12H11FN2O5. The average molecular weight is 282 g/mol. The third-order valence-electron chi connectivity index (χ3n) is 3.14. The number of halogens is 1. The highest BCUT2D eigenvalue weighted by Gasteiger charge is 2.35. The Bertz CT molecular complexity index is 589. The van der Waals surface area contributed by atoms with Crippen LogP contribution in [0, 0.1) is 15.9 Å². The maximum Gasteiger partial charge on any atom is 0.326 e. The van der Waals surface area contributed by atoms with Crippen LogP contribution in [0.2, 0.25) is 0 Å². The number of aliphatic carboxylic acids is 1. The summed E-state index contributed by atoms with van der Waals surface area (Å²) < 4.78 is 13.3. The number of nitro benzene ring substituents is 1. The third-order valence-corrected chi connectivity index (χ3v) is 3.14. The van der Waals surface area contributed by atoms with E-state index in [1.54, 1.807) is 0 Å². The molecule has 1 N–H and O–H groups in total. The van der Waals surface area contributed by atoms with E-state index in [1.807, 2.05) is 0 Å². The van der Waals surface area contributed by atoms with Gasteiger partial charge in [-0.2, -0.15) is 0 Å². The van der Waals surface area contributed by atoms with Gasteiger partial charge in [-0.3, -0.25) is 14.9 Å². The fourth-order valence-corrected chi connectivity index (χ4v) is 2.24. The Hall–Kier alpha value is -2.51. The van der Waals surface area contributed by atoms with Gasteiger partial charge in [-0.25, -0.2) is 9.18 Å². The van der Waals surface area contributed by atoms with Crippen molar-refractivity contribution in [2.75, 3.05) is 6.54 Å². The lowest BCUT2D eigenvalue weighted by atomic mass is 10.1. The van der Waals surface area contributed by atoms with Gasteiger partial charge in [-0.15, -0.1) is 0 Å². The number of carboxylic acids is 1. The molecule has 8 heteroatoms. The molecule has 0 unspecified atom stereocenters. The van der Waals surface area contributed by atoms with E-state index in [0.717, 1.165) is 17.0 Å². The molecule has 0 saturated carbocycles. The number of amides is 1. The molecule has 0 bridgehead atoms. The Morgan fingerprint density at radius 3 is 2.70 bits per heavy atom. The zero-order valence-electron chi connectivity index (χ0n) is 10.3. The number of carboxylic acid groups (broad SMARTS) is 1. The number of benzene rings is 1. The number of hydrogen-bond acceptors (Lipinski definition) is 4. The normalized spacial score (nSPS) is 18.1. The second-order valence-electron chi connectivity index (χ2n) is 4.45. The number of carbonyl (C=O) groups excluding carboxylic acids is 1. The summed E-state index contributed by atoms with van der Waals surface area (Å²) in [6, 6.07) is 1.55. The summed E-state index contributed by atoms with van der Waals surface area (Å²) in [5, 5.41) is 19.6. The number of carbonyl (C=O) groups is 2. The van der Waals surface area contributed by atoms with Crippen molar-refractivity contribution >= 4 is 17.6 Å². The summed E-state index contributed by atoms with van der Waals surface area (Å²) in [5.41, 5.74) is -0.760. The minimum absolute atomic E-state index is 0.218. The average Bonchev–Trinajstić information content (AvgIpc) is 2.86. The van der Waals surface area contributed by atoms with Crippen LogP contribution in [-0.2, 0) is 4.79 Å². The quantitative estimate of drug-likeness (QED) is 0.667. The molecule has 20 heavy (non-hydrogen) atoms. The van der Waals surface area contributed by atoms with E-state index in [9.17, 15) is 24.1 Å².